The molecule has 0 atom stereocenters. The summed E-state index contributed by atoms with van der Waals surface area (Å²) in [5, 5.41) is 0.601. The second-order valence-electron chi connectivity index (χ2n) is 9.66. The summed E-state index contributed by atoms with van der Waals surface area (Å²) in [5.74, 6) is -0.344. The van der Waals surface area contributed by atoms with Gasteiger partial charge in [-0.15, -0.1) is 0 Å². The first-order chi connectivity index (χ1) is 17.4. The van der Waals surface area contributed by atoms with Crippen LogP contribution in [0.5, 0.6) is 0 Å². The highest BCUT2D eigenvalue weighted by Crippen LogP contribution is 2.40. The molecule has 0 radical (unpaired) electrons. The third-order valence-electron chi connectivity index (χ3n) is 7.16. The molecule has 186 valence electrons. The molecule has 0 saturated carbocycles. The van der Waals surface area contributed by atoms with Crippen LogP contribution in [0, 0.1) is 5.82 Å². The molecule has 2 saturated heterocycles. The Balaban J connectivity index is 1.52. The van der Waals surface area contributed by atoms with Gasteiger partial charge in [-0.05, 0) is 56.3 Å². The standard InChI is InChI=1S/C27H28FN5O2S/c1-31-16-20(17-31)33-18-23(22-15-19(9-10-24(22)28)32-13-5-6-14-32)26-25(11-12-29-27(26)33)30-36(34,35)21-7-3-2-4-8-21/h2-4,7-12,15,18,20H,5-6,13-14,16-17H2,1H3,(H,29,30). The Bertz CT molecular complexity index is 1520. The van der Waals surface area contributed by atoms with E-state index in [0.717, 1.165) is 44.7 Å². The van der Waals surface area contributed by atoms with Crippen LogP contribution < -0.4 is 9.62 Å². The van der Waals surface area contributed by atoms with Crippen LogP contribution in [0.15, 0.2) is 71.9 Å². The molecule has 2 aromatic carbocycles. The normalized spacial score (nSPS) is 17.0. The van der Waals surface area contributed by atoms with E-state index in [9.17, 15) is 8.42 Å². The molecular formula is C27H28FN5O2S. The molecule has 9 heteroatoms. The van der Waals surface area contributed by atoms with Crippen LogP contribution in [-0.2, 0) is 10.0 Å². The third-order valence-corrected chi connectivity index (χ3v) is 8.54. The topological polar surface area (TPSA) is 70.5 Å². The van der Waals surface area contributed by atoms with Gasteiger partial charge in [0.2, 0.25) is 0 Å². The Morgan fingerprint density at radius 1 is 1.00 bits per heavy atom. The Morgan fingerprint density at radius 3 is 2.47 bits per heavy atom. The van der Waals surface area contributed by atoms with Crippen LogP contribution in [0.3, 0.4) is 0 Å². The average Bonchev–Trinajstić information content (AvgIpc) is 3.52. The highest BCUT2D eigenvalue weighted by Gasteiger charge is 2.29. The number of rotatable bonds is 6. The molecule has 0 bridgehead atoms. The average molecular weight is 506 g/mol. The Hall–Kier alpha value is -3.43. The number of nitrogens with zero attached hydrogens (tertiary/aromatic N) is 4. The van der Waals surface area contributed by atoms with E-state index in [-0.39, 0.29) is 16.8 Å². The van der Waals surface area contributed by atoms with Gasteiger partial charge in [-0.3, -0.25) is 4.72 Å². The van der Waals surface area contributed by atoms with Crippen molar-refractivity contribution in [2.24, 2.45) is 0 Å². The van der Waals surface area contributed by atoms with E-state index in [1.165, 1.54) is 6.07 Å². The lowest BCUT2D eigenvalue weighted by molar-refractivity contribution is 0.144. The number of hydrogen-bond acceptors (Lipinski definition) is 5. The number of aromatic nitrogens is 2. The molecule has 0 spiro atoms. The van der Waals surface area contributed by atoms with Crippen molar-refractivity contribution in [2.45, 2.75) is 23.8 Å². The minimum Gasteiger partial charge on any atom is -0.372 e. The maximum atomic E-state index is 15.4. The molecule has 36 heavy (non-hydrogen) atoms. The maximum absolute atomic E-state index is 15.4. The van der Waals surface area contributed by atoms with Crippen molar-refractivity contribution < 1.29 is 12.8 Å². The van der Waals surface area contributed by atoms with Crippen LogP contribution in [0.2, 0.25) is 0 Å². The SMILES string of the molecule is CN1CC(n2cc(-c3cc(N4CCCC4)ccc3F)c3c(NS(=O)(=O)c4ccccc4)ccnc32)C1. The van der Waals surface area contributed by atoms with Gasteiger partial charge in [-0.2, -0.15) is 0 Å². The van der Waals surface area contributed by atoms with Crippen LogP contribution in [-0.4, -0.2) is 56.1 Å². The second-order valence-corrected chi connectivity index (χ2v) is 11.3. The van der Waals surface area contributed by atoms with Crippen molar-refractivity contribution in [3.63, 3.8) is 0 Å². The van der Waals surface area contributed by atoms with Gasteiger partial charge in [0, 0.05) is 55.4 Å². The van der Waals surface area contributed by atoms with Crippen molar-refractivity contribution in [2.75, 3.05) is 42.8 Å². The second kappa shape index (κ2) is 8.90. The summed E-state index contributed by atoms with van der Waals surface area (Å²) >= 11 is 0. The van der Waals surface area contributed by atoms with E-state index in [1.54, 1.807) is 42.6 Å². The van der Waals surface area contributed by atoms with Crippen LogP contribution >= 0.6 is 0 Å². The lowest BCUT2D eigenvalue weighted by Crippen LogP contribution is -2.44. The van der Waals surface area contributed by atoms with Crippen molar-refractivity contribution in [3.8, 4) is 11.1 Å². The summed E-state index contributed by atoms with van der Waals surface area (Å²) < 4.78 is 46.6. The zero-order chi connectivity index (χ0) is 24.9. The highest BCUT2D eigenvalue weighted by molar-refractivity contribution is 7.92. The van der Waals surface area contributed by atoms with E-state index in [2.05, 4.69) is 31.1 Å². The van der Waals surface area contributed by atoms with E-state index < -0.39 is 10.0 Å². The number of benzene rings is 2. The third kappa shape index (κ3) is 4.02. The van der Waals surface area contributed by atoms with Crippen molar-refractivity contribution in [1.29, 1.82) is 0 Å². The molecule has 6 rings (SSSR count). The number of halogens is 1. The minimum absolute atomic E-state index is 0.166. The number of fused-ring (bicyclic) bond motifs is 1. The first-order valence-corrected chi connectivity index (χ1v) is 13.7. The number of nitrogens with one attached hydrogen (secondary N) is 1. The summed E-state index contributed by atoms with van der Waals surface area (Å²) in [6.07, 6.45) is 5.78. The smallest absolute Gasteiger partial charge is 0.261 e. The van der Waals surface area contributed by atoms with Gasteiger partial charge in [-0.1, -0.05) is 18.2 Å². The molecule has 0 aliphatic carbocycles. The molecule has 2 aromatic heterocycles. The lowest BCUT2D eigenvalue weighted by Gasteiger charge is -2.37. The molecule has 0 amide bonds. The summed E-state index contributed by atoms with van der Waals surface area (Å²) in [6.45, 7) is 3.60. The van der Waals surface area contributed by atoms with E-state index in [0.29, 0.717) is 27.8 Å². The van der Waals surface area contributed by atoms with Gasteiger partial charge in [0.05, 0.1) is 22.0 Å². The van der Waals surface area contributed by atoms with Crippen LogP contribution in [0.25, 0.3) is 22.2 Å². The van der Waals surface area contributed by atoms with Gasteiger partial charge in [0.1, 0.15) is 11.5 Å². The molecule has 2 aliphatic rings. The van der Waals surface area contributed by atoms with E-state index >= 15 is 4.39 Å². The molecule has 4 aromatic rings. The zero-order valence-electron chi connectivity index (χ0n) is 20.1. The fourth-order valence-electron chi connectivity index (χ4n) is 5.28. The Morgan fingerprint density at radius 2 is 1.75 bits per heavy atom. The molecule has 2 fully saturated rings. The van der Waals surface area contributed by atoms with E-state index in [4.69, 9.17) is 0 Å². The van der Waals surface area contributed by atoms with Gasteiger partial charge in [-0.25, -0.2) is 17.8 Å². The summed E-state index contributed by atoms with van der Waals surface area (Å²) in [7, 11) is -1.79. The molecular weight excluding hydrogens is 477 g/mol. The molecule has 0 unspecified atom stereocenters. The molecule has 4 heterocycles. The van der Waals surface area contributed by atoms with Crippen LogP contribution in [0.1, 0.15) is 18.9 Å². The first kappa shape index (κ1) is 23.0. The molecule has 7 nitrogen and oxygen atoms in total. The zero-order valence-corrected chi connectivity index (χ0v) is 20.9. The lowest BCUT2D eigenvalue weighted by atomic mass is 10.0. The van der Waals surface area contributed by atoms with Gasteiger partial charge >= 0.3 is 0 Å². The number of anilines is 2. The van der Waals surface area contributed by atoms with Crippen LogP contribution in [0.4, 0.5) is 15.8 Å². The van der Waals surface area contributed by atoms with Gasteiger partial charge in [0.25, 0.3) is 10.0 Å². The number of sulfonamides is 1. The van der Waals surface area contributed by atoms with Gasteiger partial charge < -0.3 is 14.4 Å². The Labute approximate surface area is 210 Å². The number of likely N-dealkylation sites (tertiary alicyclic amines) is 1. The van der Waals surface area contributed by atoms with E-state index in [1.807, 2.05) is 18.3 Å². The molecule has 2 aliphatic heterocycles. The van der Waals surface area contributed by atoms with Crippen molar-refractivity contribution >= 4 is 32.4 Å². The Kier molecular flexibility index (Phi) is 5.69. The monoisotopic (exact) mass is 505 g/mol. The minimum atomic E-state index is -3.84. The summed E-state index contributed by atoms with van der Waals surface area (Å²) in [4.78, 5) is 9.26. The predicted molar refractivity (Wildman–Crippen MR) is 140 cm³/mol. The number of hydrogen-bond donors (Lipinski definition) is 1. The fourth-order valence-corrected chi connectivity index (χ4v) is 6.37. The quantitative estimate of drug-likeness (QED) is 0.410. The fraction of sp³-hybridized carbons (Fsp3) is 0.296. The predicted octanol–water partition coefficient (Wildman–Crippen LogP) is 4.73. The van der Waals surface area contributed by atoms with Crippen molar-refractivity contribution in [1.82, 2.24) is 14.5 Å². The summed E-state index contributed by atoms with van der Waals surface area (Å²) in [5.41, 5.74) is 3.09. The highest BCUT2D eigenvalue weighted by atomic mass is 32.2. The maximum Gasteiger partial charge on any atom is 0.261 e. The summed E-state index contributed by atoms with van der Waals surface area (Å²) in [6, 6.07) is 15.3. The van der Waals surface area contributed by atoms with Gasteiger partial charge in [0.15, 0.2) is 0 Å². The number of likely N-dealkylation sites (N-methyl/N-ethyl adjacent to an activating group) is 1. The first-order valence-electron chi connectivity index (χ1n) is 12.2. The molecule has 1 N–H and O–H groups in total. The largest absolute Gasteiger partial charge is 0.372 e. The number of pyridine rings is 1. The van der Waals surface area contributed by atoms with Crippen molar-refractivity contribution in [3.05, 3.63) is 72.8 Å².